The largest absolute Gasteiger partial charge is 0.490 e. The van der Waals surface area contributed by atoms with Gasteiger partial charge < -0.3 is 15.2 Å². The second-order valence-corrected chi connectivity index (χ2v) is 5.88. The molecule has 1 saturated carbocycles. The summed E-state index contributed by atoms with van der Waals surface area (Å²) in [6.45, 7) is 2.45. The number of primary amides is 1. The summed E-state index contributed by atoms with van der Waals surface area (Å²) in [6, 6.07) is 2.98. The van der Waals surface area contributed by atoms with Crippen molar-refractivity contribution in [2.45, 2.75) is 38.7 Å². The van der Waals surface area contributed by atoms with E-state index < -0.39 is 6.03 Å². The van der Waals surface area contributed by atoms with E-state index in [2.05, 4.69) is 26.5 Å². The minimum Gasteiger partial charge on any atom is -0.490 e. The number of urea groups is 1. The molecule has 1 aliphatic carbocycles. The average molecular weight is 370 g/mol. The molecule has 120 valence electrons. The third-order valence-electron chi connectivity index (χ3n) is 3.31. The Morgan fingerprint density at radius 1 is 1.50 bits per heavy atom. The zero-order valence-electron chi connectivity index (χ0n) is 12.5. The quantitative estimate of drug-likeness (QED) is 0.596. The molecule has 0 heterocycles. The fourth-order valence-corrected chi connectivity index (χ4v) is 2.94. The van der Waals surface area contributed by atoms with Gasteiger partial charge in [0.25, 0.3) is 0 Å². The summed E-state index contributed by atoms with van der Waals surface area (Å²) in [5, 5.41) is 3.75. The van der Waals surface area contributed by atoms with Crippen molar-refractivity contribution in [3.8, 4) is 11.5 Å². The van der Waals surface area contributed by atoms with Crippen LogP contribution in [-0.2, 0) is 0 Å². The van der Waals surface area contributed by atoms with Crippen LogP contribution in [-0.4, -0.2) is 25.0 Å². The zero-order valence-corrected chi connectivity index (χ0v) is 14.1. The number of amides is 2. The molecule has 6 nitrogen and oxygen atoms in total. The van der Waals surface area contributed by atoms with Crippen LogP contribution in [0, 0.1) is 0 Å². The highest BCUT2D eigenvalue weighted by molar-refractivity contribution is 9.10. The highest BCUT2D eigenvalue weighted by Crippen LogP contribution is 2.39. The van der Waals surface area contributed by atoms with Gasteiger partial charge in [-0.3, -0.25) is 0 Å². The number of halogens is 1. The number of ether oxygens (including phenoxy) is 2. The second kappa shape index (κ2) is 8.03. The van der Waals surface area contributed by atoms with Crippen LogP contribution in [0.15, 0.2) is 21.7 Å². The van der Waals surface area contributed by atoms with Crippen LogP contribution in [0.4, 0.5) is 4.79 Å². The Hall–Kier alpha value is -1.76. The molecule has 1 aliphatic rings. The SMILES string of the molecule is CCOc1cc(C=NNC(N)=O)cc(Br)c1OC1CCCC1. The Morgan fingerprint density at radius 3 is 2.86 bits per heavy atom. The summed E-state index contributed by atoms with van der Waals surface area (Å²) in [4.78, 5) is 10.6. The Labute approximate surface area is 138 Å². The number of hydrogen-bond acceptors (Lipinski definition) is 4. The fourth-order valence-electron chi connectivity index (χ4n) is 2.38. The van der Waals surface area contributed by atoms with Gasteiger partial charge in [-0.15, -0.1) is 0 Å². The molecule has 2 amide bonds. The van der Waals surface area contributed by atoms with Crippen molar-refractivity contribution in [2.24, 2.45) is 10.8 Å². The first kappa shape index (κ1) is 16.6. The first-order valence-electron chi connectivity index (χ1n) is 7.31. The van der Waals surface area contributed by atoms with Gasteiger partial charge in [0.05, 0.1) is 23.4 Å². The molecule has 0 atom stereocenters. The van der Waals surface area contributed by atoms with Gasteiger partial charge in [0.2, 0.25) is 0 Å². The highest BCUT2D eigenvalue weighted by Gasteiger charge is 2.20. The van der Waals surface area contributed by atoms with Gasteiger partial charge >= 0.3 is 6.03 Å². The first-order chi connectivity index (χ1) is 10.6. The van der Waals surface area contributed by atoms with Crippen molar-refractivity contribution in [2.75, 3.05) is 6.61 Å². The van der Waals surface area contributed by atoms with Crippen LogP contribution in [0.1, 0.15) is 38.2 Å². The molecule has 0 bridgehead atoms. The van der Waals surface area contributed by atoms with Crippen molar-refractivity contribution in [3.63, 3.8) is 0 Å². The predicted octanol–water partition coefficient (Wildman–Crippen LogP) is 3.17. The lowest BCUT2D eigenvalue weighted by Gasteiger charge is -2.18. The van der Waals surface area contributed by atoms with E-state index in [9.17, 15) is 4.79 Å². The van der Waals surface area contributed by atoms with E-state index in [1.54, 1.807) is 0 Å². The van der Waals surface area contributed by atoms with E-state index in [1.165, 1.54) is 19.1 Å². The molecule has 0 aromatic heterocycles. The molecule has 22 heavy (non-hydrogen) atoms. The van der Waals surface area contributed by atoms with Crippen LogP contribution in [0.25, 0.3) is 0 Å². The second-order valence-electron chi connectivity index (χ2n) is 5.02. The lowest BCUT2D eigenvalue weighted by molar-refractivity contribution is 0.195. The first-order valence-corrected chi connectivity index (χ1v) is 8.11. The van der Waals surface area contributed by atoms with Crippen molar-refractivity contribution in [1.29, 1.82) is 0 Å². The van der Waals surface area contributed by atoms with Crippen molar-refractivity contribution in [1.82, 2.24) is 5.43 Å². The van der Waals surface area contributed by atoms with Crippen molar-refractivity contribution >= 4 is 28.2 Å². The molecule has 1 aromatic rings. The van der Waals surface area contributed by atoms with E-state index in [-0.39, 0.29) is 6.10 Å². The lowest BCUT2D eigenvalue weighted by Crippen LogP contribution is -2.24. The molecule has 0 saturated heterocycles. The van der Waals surface area contributed by atoms with Gasteiger partial charge in [-0.2, -0.15) is 5.10 Å². The monoisotopic (exact) mass is 369 g/mol. The average Bonchev–Trinajstić information content (AvgIpc) is 2.95. The molecule has 2 rings (SSSR count). The summed E-state index contributed by atoms with van der Waals surface area (Å²) in [7, 11) is 0. The molecular weight excluding hydrogens is 350 g/mol. The predicted molar refractivity (Wildman–Crippen MR) is 88.5 cm³/mol. The maximum atomic E-state index is 10.6. The summed E-state index contributed by atoms with van der Waals surface area (Å²) in [5.74, 6) is 1.37. The van der Waals surface area contributed by atoms with E-state index >= 15 is 0 Å². The standard InChI is InChI=1S/C15H20BrN3O3/c1-2-21-13-8-10(9-18-19-15(17)20)7-12(16)14(13)22-11-5-3-4-6-11/h7-9,11H,2-6H2,1H3,(H3,17,19,20). The molecule has 0 spiro atoms. The molecule has 0 radical (unpaired) electrons. The van der Waals surface area contributed by atoms with Crippen LogP contribution >= 0.6 is 15.9 Å². The van der Waals surface area contributed by atoms with Gasteiger partial charge in [0, 0.05) is 0 Å². The molecule has 1 aromatic carbocycles. The van der Waals surface area contributed by atoms with Crippen molar-refractivity contribution in [3.05, 3.63) is 22.2 Å². The Morgan fingerprint density at radius 2 is 2.23 bits per heavy atom. The number of nitrogens with zero attached hydrogens (tertiary/aromatic N) is 1. The van der Waals surface area contributed by atoms with E-state index in [1.807, 2.05) is 19.1 Å². The van der Waals surface area contributed by atoms with Gasteiger partial charge in [-0.05, 0) is 66.2 Å². The normalized spacial score (nSPS) is 15.2. The van der Waals surface area contributed by atoms with Gasteiger partial charge in [-0.25, -0.2) is 10.2 Å². The third kappa shape index (κ3) is 4.62. The Kier molecular flexibility index (Phi) is 6.06. The van der Waals surface area contributed by atoms with Crippen LogP contribution < -0.4 is 20.6 Å². The Bertz CT molecular complexity index is 557. The maximum Gasteiger partial charge on any atom is 0.332 e. The number of hydrazone groups is 1. The lowest BCUT2D eigenvalue weighted by atomic mass is 10.2. The van der Waals surface area contributed by atoms with E-state index in [4.69, 9.17) is 15.2 Å². The summed E-state index contributed by atoms with van der Waals surface area (Å²) in [5.41, 5.74) is 7.89. The fraction of sp³-hybridized carbons (Fsp3) is 0.467. The molecule has 0 unspecified atom stereocenters. The molecular formula is C15H20BrN3O3. The third-order valence-corrected chi connectivity index (χ3v) is 3.90. The van der Waals surface area contributed by atoms with Crippen LogP contribution in [0.3, 0.4) is 0 Å². The van der Waals surface area contributed by atoms with Gasteiger partial charge in [0.1, 0.15) is 0 Å². The molecule has 1 fully saturated rings. The summed E-state index contributed by atoms with van der Waals surface area (Å²) in [6.07, 6.45) is 6.29. The van der Waals surface area contributed by atoms with Crippen LogP contribution in [0.2, 0.25) is 0 Å². The number of nitrogens with one attached hydrogen (secondary N) is 1. The number of carbonyl (C=O) groups is 1. The van der Waals surface area contributed by atoms with Crippen LogP contribution in [0.5, 0.6) is 11.5 Å². The number of nitrogens with two attached hydrogens (primary N) is 1. The number of benzene rings is 1. The molecule has 7 heteroatoms. The number of hydrogen-bond donors (Lipinski definition) is 2. The van der Waals surface area contributed by atoms with Crippen molar-refractivity contribution < 1.29 is 14.3 Å². The van der Waals surface area contributed by atoms with Gasteiger partial charge in [-0.1, -0.05) is 0 Å². The minimum absolute atomic E-state index is 0.242. The smallest absolute Gasteiger partial charge is 0.332 e. The number of carbonyl (C=O) groups excluding carboxylic acids is 1. The summed E-state index contributed by atoms with van der Waals surface area (Å²) >= 11 is 3.52. The van der Waals surface area contributed by atoms with Gasteiger partial charge in [0.15, 0.2) is 11.5 Å². The molecule has 0 aliphatic heterocycles. The zero-order chi connectivity index (χ0) is 15.9. The summed E-state index contributed by atoms with van der Waals surface area (Å²) < 4.78 is 12.5. The minimum atomic E-state index is -0.707. The van der Waals surface area contributed by atoms with E-state index in [0.29, 0.717) is 18.1 Å². The molecule has 3 N–H and O–H groups in total. The number of rotatable bonds is 6. The van der Waals surface area contributed by atoms with E-state index in [0.717, 1.165) is 22.9 Å². The topological polar surface area (TPSA) is 85.9 Å². The Balaban J connectivity index is 2.21. The maximum absolute atomic E-state index is 10.6. The highest BCUT2D eigenvalue weighted by atomic mass is 79.9.